The van der Waals surface area contributed by atoms with Gasteiger partial charge in [0, 0.05) is 31.4 Å². The van der Waals surface area contributed by atoms with E-state index in [4.69, 9.17) is 0 Å². The Morgan fingerprint density at radius 2 is 2.39 bits per heavy atom. The summed E-state index contributed by atoms with van der Waals surface area (Å²) in [5.74, 6) is 0.375. The minimum Gasteiger partial charge on any atom is -0.341 e. The highest BCUT2D eigenvalue weighted by atomic mass is 32.1. The molecule has 0 N–H and O–H groups in total. The molecule has 0 aliphatic heterocycles. The Morgan fingerprint density at radius 1 is 1.61 bits per heavy atom. The third-order valence-corrected chi connectivity index (χ3v) is 3.92. The molecular weight excluding hydrogens is 250 g/mol. The van der Waals surface area contributed by atoms with Gasteiger partial charge in [-0.2, -0.15) is 0 Å². The molecule has 0 spiro atoms. The van der Waals surface area contributed by atoms with E-state index >= 15 is 0 Å². The van der Waals surface area contributed by atoms with Crippen molar-refractivity contribution in [2.24, 2.45) is 5.92 Å². The van der Waals surface area contributed by atoms with E-state index in [1.54, 1.807) is 23.5 Å². The first-order valence-electron chi connectivity index (χ1n) is 5.87. The van der Waals surface area contributed by atoms with Crippen LogP contribution >= 0.6 is 11.3 Å². The number of nitrogens with zero attached hydrogens (tertiary/aromatic N) is 3. The topological polar surface area (TPSA) is 54.7 Å². The molecule has 0 radical (unpaired) electrons. The molecule has 0 unspecified atom stereocenters. The van der Waals surface area contributed by atoms with Crippen molar-refractivity contribution in [3.05, 3.63) is 33.7 Å². The van der Waals surface area contributed by atoms with Crippen molar-refractivity contribution >= 4 is 22.2 Å². The number of hydrogen-bond acceptors (Lipinski definition) is 4. The molecule has 1 aliphatic rings. The normalized spacial score (nSPS) is 14.9. The zero-order chi connectivity index (χ0) is 12.7. The fourth-order valence-corrected chi connectivity index (χ4v) is 2.62. The Hall–Kier alpha value is -1.69. The second kappa shape index (κ2) is 4.20. The summed E-state index contributed by atoms with van der Waals surface area (Å²) in [5.41, 5.74) is -0.136. The predicted octanol–water partition coefficient (Wildman–Crippen LogP) is 1.24. The van der Waals surface area contributed by atoms with Gasteiger partial charge in [0.15, 0.2) is 4.96 Å². The van der Waals surface area contributed by atoms with E-state index in [0.29, 0.717) is 10.9 Å². The van der Waals surface area contributed by atoms with Gasteiger partial charge >= 0.3 is 0 Å². The van der Waals surface area contributed by atoms with Gasteiger partial charge in [0.05, 0.1) is 0 Å². The highest BCUT2D eigenvalue weighted by molar-refractivity contribution is 7.15. The molecule has 1 amide bonds. The summed E-state index contributed by atoms with van der Waals surface area (Å²) >= 11 is 1.38. The summed E-state index contributed by atoms with van der Waals surface area (Å²) in [6.45, 7) is 0.727. The quantitative estimate of drug-likeness (QED) is 0.837. The average molecular weight is 263 g/mol. The Labute approximate surface area is 108 Å². The number of hydrogen-bond donors (Lipinski definition) is 0. The van der Waals surface area contributed by atoms with E-state index in [-0.39, 0.29) is 17.0 Å². The first-order valence-corrected chi connectivity index (χ1v) is 6.75. The van der Waals surface area contributed by atoms with Crippen molar-refractivity contribution in [2.45, 2.75) is 12.8 Å². The molecule has 1 aliphatic carbocycles. The lowest BCUT2D eigenvalue weighted by Crippen LogP contribution is -2.34. The summed E-state index contributed by atoms with van der Waals surface area (Å²) in [6.07, 6.45) is 5.39. The van der Waals surface area contributed by atoms with Crippen LogP contribution in [0.3, 0.4) is 0 Å². The van der Waals surface area contributed by atoms with E-state index in [0.717, 1.165) is 6.54 Å². The van der Waals surface area contributed by atoms with Gasteiger partial charge in [-0.25, -0.2) is 4.98 Å². The lowest BCUT2D eigenvalue weighted by molar-refractivity contribution is 0.0786. The van der Waals surface area contributed by atoms with Crippen molar-refractivity contribution in [3.63, 3.8) is 0 Å². The number of rotatable bonds is 3. The molecule has 2 aromatic rings. The highest BCUT2D eigenvalue weighted by Crippen LogP contribution is 2.29. The minimum atomic E-state index is -0.283. The molecule has 0 atom stereocenters. The van der Waals surface area contributed by atoms with Crippen molar-refractivity contribution < 1.29 is 4.79 Å². The fourth-order valence-electron chi connectivity index (χ4n) is 1.95. The van der Waals surface area contributed by atoms with Crippen LogP contribution in [-0.2, 0) is 0 Å². The van der Waals surface area contributed by atoms with Crippen LogP contribution in [0.1, 0.15) is 23.2 Å². The van der Waals surface area contributed by atoms with Gasteiger partial charge in [-0.1, -0.05) is 0 Å². The molecule has 94 valence electrons. The minimum absolute atomic E-state index is 0.147. The zero-order valence-corrected chi connectivity index (χ0v) is 10.8. The van der Waals surface area contributed by atoms with Crippen molar-refractivity contribution in [3.8, 4) is 0 Å². The number of thiazole rings is 1. The molecule has 0 aromatic carbocycles. The Bertz CT molecular complexity index is 657. The third kappa shape index (κ3) is 1.92. The molecule has 0 bridgehead atoms. The summed E-state index contributed by atoms with van der Waals surface area (Å²) in [6, 6.07) is 0. The maximum absolute atomic E-state index is 12.2. The van der Waals surface area contributed by atoms with E-state index in [2.05, 4.69) is 4.98 Å². The molecule has 5 nitrogen and oxygen atoms in total. The zero-order valence-electron chi connectivity index (χ0n) is 10.00. The molecule has 18 heavy (non-hydrogen) atoms. The van der Waals surface area contributed by atoms with Crippen LogP contribution in [0.5, 0.6) is 0 Å². The molecular formula is C12H13N3O2S. The standard InChI is InChI=1S/C12H13N3O2S/c1-14(7-8-2-3-8)10(16)9-6-13-12-15(11(9)17)4-5-18-12/h4-6,8H,2-3,7H2,1H3. The molecule has 0 saturated heterocycles. The first kappa shape index (κ1) is 11.4. The predicted molar refractivity (Wildman–Crippen MR) is 69.0 cm³/mol. The van der Waals surface area contributed by atoms with Crippen molar-refractivity contribution in [1.29, 1.82) is 0 Å². The van der Waals surface area contributed by atoms with Gasteiger partial charge in [-0.15, -0.1) is 11.3 Å². The summed E-state index contributed by atoms with van der Waals surface area (Å²) in [5, 5.41) is 1.78. The largest absolute Gasteiger partial charge is 0.341 e. The average Bonchev–Trinajstić information content (AvgIpc) is 3.03. The number of carbonyl (C=O) groups excluding carboxylic acids is 1. The van der Waals surface area contributed by atoms with Crippen LogP contribution in [0.4, 0.5) is 0 Å². The fraction of sp³-hybridized carbons (Fsp3) is 0.417. The molecule has 1 saturated carbocycles. The molecule has 3 rings (SSSR count). The van der Waals surface area contributed by atoms with Crippen molar-refractivity contribution in [1.82, 2.24) is 14.3 Å². The Balaban J connectivity index is 1.94. The van der Waals surface area contributed by atoms with Gasteiger partial charge in [-0.05, 0) is 18.8 Å². The molecule has 2 aromatic heterocycles. The van der Waals surface area contributed by atoms with Gasteiger partial charge in [0.1, 0.15) is 5.56 Å². The number of aromatic nitrogens is 2. The van der Waals surface area contributed by atoms with Crippen LogP contribution in [0.15, 0.2) is 22.6 Å². The number of carbonyl (C=O) groups is 1. The lowest BCUT2D eigenvalue weighted by Gasteiger charge is -2.15. The maximum atomic E-state index is 12.2. The van der Waals surface area contributed by atoms with E-state index in [1.807, 2.05) is 0 Å². The molecule has 1 fully saturated rings. The van der Waals surface area contributed by atoms with Gasteiger partial charge in [-0.3, -0.25) is 14.0 Å². The van der Waals surface area contributed by atoms with E-state index < -0.39 is 0 Å². The Kier molecular flexibility index (Phi) is 2.66. The highest BCUT2D eigenvalue weighted by Gasteiger charge is 2.26. The second-order valence-electron chi connectivity index (χ2n) is 4.66. The maximum Gasteiger partial charge on any atom is 0.271 e. The SMILES string of the molecule is CN(CC1CC1)C(=O)c1cnc2sccn2c1=O. The first-order chi connectivity index (χ1) is 8.66. The van der Waals surface area contributed by atoms with Gasteiger partial charge in [0.25, 0.3) is 11.5 Å². The molecule has 6 heteroatoms. The monoisotopic (exact) mass is 263 g/mol. The lowest BCUT2D eigenvalue weighted by atomic mass is 10.2. The molecule has 2 heterocycles. The van der Waals surface area contributed by atoms with Crippen molar-refractivity contribution in [2.75, 3.05) is 13.6 Å². The summed E-state index contributed by atoms with van der Waals surface area (Å²) < 4.78 is 1.42. The Morgan fingerprint density at radius 3 is 3.11 bits per heavy atom. The van der Waals surface area contributed by atoms with E-state index in [1.165, 1.54) is 34.8 Å². The third-order valence-electron chi connectivity index (χ3n) is 3.15. The second-order valence-corrected chi connectivity index (χ2v) is 5.53. The van der Waals surface area contributed by atoms with Crippen LogP contribution in [0.2, 0.25) is 0 Å². The van der Waals surface area contributed by atoms with Crippen LogP contribution in [0.25, 0.3) is 4.96 Å². The van der Waals surface area contributed by atoms with Gasteiger partial charge in [0.2, 0.25) is 0 Å². The summed E-state index contributed by atoms with van der Waals surface area (Å²) in [7, 11) is 1.74. The summed E-state index contributed by atoms with van der Waals surface area (Å²) in [4.78, 5) is 30.7. The van der Waals surface area contributed by atoms with Crippen LogP contribution in [-0.4, -0.2) is 33.8 Å². The van der Waals surface area contributed by atoms with Crippen LogP contribution < -0.4 is 5.56 Å². The number of fused-ring (bicyclic) bond motifs is 1. The van der Waals surface area contributed by atoms with Crippen LogP contribution in [0, 0.1) is 5.92 Å². The van der Waals surface area contributed by atoms with E-state index in [9.17, 15) is 9.59 Å². The smallest absolute Gasteiger partial charge is 0.271 e. The van der Waals surface area contributed by atoms with Gasteiger partial charge < -0.3 is 4.90 Å². The number of amides is 1.